The molecular weight excluding hydrogens is 203 g/mol. The standard InChI is InChI=1S/C11H14F3N/c1-11(2,15)6-5-7-8(12)3-4-9(13)10(7)14/h3-4H,5-6,15H2,1-2H3. The summed E-state index contributed by atoms with van der Waals surface area (Å²) in [5, 5.41) is 0. The van der Waals surface area contributed by atoms with Crippen molar-refractivity contribution in [1.29, 1.82) is 0 Å². The fourth-order valence-electron chi connectivity index (χ4n) is 1.25. The average molecular weight is 217 g/mol. The van der Waals surface area contributed by atoms with E-state index >= 15 is 0 Å². The van der Waals surface area contributed by atoms with Crippen molar-refractivity contribution in [2.45, 2.75) is 32.2 Å². The molecule has 0 fully saturated rings. The first-order chi connectivity index (χ1) is 6.81. The van der Waals surface area contributed by atoms with E-state index in [1.54, 1.807) is 13.8 Å². The van der Waals surface area contributed by atoms with E-state index in [0.717, 1.165) is 12.1 Å². The van der Waals surface area contributed by atoms with E-state index in [-0.39, 0.29) is 12.0 Å². The van der Waals surface area contributed by atoms with Crippen molar-refractivity contribution in [3.8, 4) is 0 Å². The molecule has 0 spiro atoms. The molecule has 2 N–H and O–H groups in total. The van der Waals surface area contributed by atoms with Gasteiger partial charge in [0, 0.05) is 11.1 Å². The molecule has 0 aliphatic heterocycles. The van der Waals surface area contributed by atoms with E-state index < -0.39 is 23.0 Å². The number of nitrogens with two attached hydrogens (primary N) is 1. The third-order valence-corrected chi connectivity index (χ3v) is 2.16. The molecule has 1 rings (SSSR count). The Morgan fingerprint density at radius 2 is 1.67 bits per heavy atom. The van der Waals surface area contributed by atoms with E-state index in [9.17, 15) is 13.2 Å². The van der Waals surface area contributed by atoms with E-state index in [1.807, 2.05) is 0 Å². The number of hydrogen-bond donors (Lipinski definition) is 1. The van der Waals surface area contributed by atoms with Crippen LogP contribution in [-0.2, 0) is 6.42 Å². The summed E-state index contributed by atoms with van der Waals surface area (Å²) in [5.74, 6) is -2.86. The maximum atomic E-state index is 13.2. The molecule has 1 aromatic carbocycles. The SMILES string of the molecule is CC(C)(N)CCc1c(F)ccc(F)c1F. The Hall–Kier alpha value is -1.03. The molecule has 0 unspecified atom stereocenters. The average Bonchev–Trinajstić information content (AvgIpc) is 2.10. The van der Waals surface area contributed by atoms with Gasteiger partial charge in [-0.2, -0.15) is 0 Å². The van der Waals surface area contributed by atoms with Crippen molar-refractivity contribution in [2.24, 2.45) is 5.73 Å². The van der Waals surface area contributed by atoms with Crippen molar-refractivity contribution in [1.82, 2.24) is 0 Å². The van der Waals surface area contributed by atoms with Gasteiger partial charge in [0.25, 0.3) is 0 Å². The molecule has 0 radical (unpaired) electrons. The first kappa shape index (κ1) is 12.0. The Balaban J connectivity index is 2.90. The van der Waals surface area contributed by atoms with Gasteiger partial charge in [-0.3, -0.25) is 0 Å². The Kier molecular flexibility index (Phi) is 3.39. The van der Waals surface area contributed by atoms with Crippen LogP contribution in [0.15, 0.2) is 12.1 Å². The van der Waals surface area contributed by atoms with Gasteiger partial charge >= 0.3 is 0 Å². The fraction of sp³-hybridized carbons (Fsp3) is 0.455. The maximum Gasteiger partial charge on any atom is 0.164 e. The van der Waals surface area contributed by atoms with Crippen molar-refractivity contribution in [3.63, 3.8) is 0 Å². The van der Waals surface area contributed by atoms with Crippen LogP contribution >= 0.6 is 0 Å². The summed E-state index contributed by atoms with van der Waals surface area (Å²) < 4.78 is 39.1. The van der Waals surface area contributed by atoms with Crippen molar-refractivity contribution in [3.05, 3.63) is 35.1 Å². The largest absolute Gasteiger partial charge is 0.326 e. The molecule has 0 bridgehead atoms. The highest BCUT2D eigenvalue weighted by atomic mass is 19.2. The summed E-state index contributed by atoms with van der Waals surface area (Å²) in [5.41, 5.74) is 4.93. The van der Waals surface area contributed by atoms with Gasteiger partial charge in [0.05, 0.1) is 0 Å². The highest BCUT2D eigenvalue weighted by Gasteiger charge is 2.17. The lowest BCUT2D eigenvalue weighted by molar-refractivity contribution is 0.443. The third kappa shape index (κ3) is 3.23. The van der Waals surface area contributed by atoms with Gasteiger partial charge in [-0.25, -0.2) is 13.2 Å². The minimum Gasteiger partial charge on any atom is -0.326 e. The van der Waals surface area contributed by atoms with Crippen LogP contribution in [0.5, 0.6) is 0 Å². The number of hydrogen-bond acceptors (Lipinski definition) is 1. The smallest absolute Gasteiger partial charge is 0.164 e. The summed E-state index contributed by atoms with van der Waals surface area (Å²) >= 11 is 0. The van der Waals surface area contributed by atoms with Crippen LogP contribution < -0.4 is 5.73 Å². The van der Waals surface area contributed by atoms with Crippen LogP contribution in [0.3, 0.4) is 0 Å². The van der Waals surface area contributed by atoms with Gasteiger partial charge in [-0.15, -0.1) is 0 Å². The number of rotatable bonds is 3. The predicted molar refractivity (Wildman–Crippen MR) is 52.9 cm³/mol. The van der Waals surface area contributed by atoms with Gasteiger partial charge < -0.3 is 5.73 Å². The van der Waals surface area contributed by atoms with Gasteiger partial charge in [-0.05, 0) is 38.8 Å². The Morgan fingerprint density at radius 3 is 2.20 bits per heavy atom. The second-order valence-electron chi connectivity index (χ2n) is 4.31. The lowest BCUT2D eigenvalue weighted by Gasteiger charge is -2.18. The van der Waals surface area contributed by atoms with E-state index in [1.165, 1.54) is 0 Å². The predicted octanol–water partition coefficient (Wildman–Crippen LogP) is 2.77. The van der Waals surface area contributed by atoms with E-state index in [0.29, 0.717) is 6.42 Å². The van der Waals surface area contributed by atoms with E-state index in [2.05, 4.69) is 0 Å². The summed E-state index contributed by atoms with van der Waals surface area (Å²) in [6.07, 6.45) is 0.489. The Labute approximate surface area is 87.1 Å². The monoisotopic (exact) mass is 217 g/mol. The Bertz CT molecular complexity index is 356. The summed E-state index contributed by atoms with van der Waals surface area (Å²) in [6, 6.07) is 1.71. The maximum absolute atomic E-state index is 13.2. The van der Waals surface area contributed by atoms with Gasteiger partial charge in [0.1, 0.15) is 5.82 Å². The molecule has 0 amide bonds. The van der Waals surface area contributed by atoms with Crippen LogP contribution in [0.25, 0.3) is 0 Å². The minimum atomic E-state index is -1.11. The molecule has 0 saturated carbocycles. The lowest BCUT2D eigenvalue weighted by atomic mass is 9.96. The molecule has 0 aliphatic rings. The molecule has 0 atom stereocenters. The zero-order valence-corrected chi connectivity index (χ0v) is 8.78. The topological polar surface area (TPSA) is 26.0 Å². The van der Waals surface area contributed by atoms with Crippen LogP contribution in [0.4, 0.5) is 13.2 Å². The van der Waals surface area contributed by atoms with Crippen LogP contribution in [0, 0.1) is 17.5 Å². The zero-order chi connectivity index (χ0) is 11.6. The molecule has 1 nitrogen and oxygen atoms in total. The fourth-order valence-corrected chi connectivity index (χ4v) is 1.25. The summed E-state index contributed by atoms with van der Waals surface area (Å²) in [6.45, 7) is 3.50. The van der Waals surface area contributed by atoms with Crippen molar-refractivity contribution < 1.29 is 13.2 Å². The second-order valence-corrected chi connectivity index (χ2v) is 4.31. The third-order valence-electron chi connectivity index (χ3n) is 2.16. The van der Waals surface area contributed by atoms with Gasteiger partial charge in [0.2, 0.25) is 0 Å². The molecule has 4 heteroatoms. The molecule has 15 heavy (non-hydrogen) atoms. The Morgan fingerprint density at radius 1 is 1.13 bits per heavy atom. The summed E-state index contributed by atoms with van der Waals surface area (Å²) in [7, 11) is 0. The van der Waals surface area contributed by atoms with Gasteiger partial charge in [0.15, 0.2) is 11.6 Å². The molecule has 0 saturated heterocycles. The van der Waals surface area contributed by atoms with Crippen molar-refractivity contribution in [2.75, 3.05) is 0 Å². The number of halogens is 3. The van der Waals surface area contributed by atoms with Crippen LogP contribution in [-0.4, -0.2) is 5.54 Å². The first-order valence-electron chi connectivity index (χ1n) is 4.72. The zero-order valence-electron chi connectivity index (χ0n) is 8.78. The highest BCUT2D eigenvalue weighted by molar-refractivity contribution is 5.21. The van der Waals surface area contributed by atoms with Crippen LogP contribution in [0.2, 0.25) is 0 Å². The summed E-state index contributed by atoms with van der Waals surface area (Å²) in [4.78, 5) is 0. The normalized spacial score (nSPS) is 11.9. The van der Waals surface area contributed by atoms with Gasteiger partial charge in [-0.1, -0.05) is 0 Å². The molecule has 0 aromatic heterocycles. The quantitative estimate of drug-likeness (QED) is 0.774. The molecule has 0 heterocycles. The molecule has 84 valence electrons. The first-order valence-corrected chi connectivity index (χ1v) is 4.72. The van der Waals surface area contributed by atoms with E-state index in [4.69, 9.17) is 5.73 Å². The minimum absolute atomic E-state index is 0.0962. The lowest BCUT2D eigenvalue weighted by Crippen LogP contribution is -2.32. The molecule has 0 aliphatic carbocycles. The highest BCUT2D eigenvalue weighted by Crippen LogP contribution is 2.19. The molecular formula is C11H14F3N. The van der Waals surface area contributed by atoms with Crippen LogP contribution in [0.1, 0.15) is 25.8 Å². The van der Waals surface area contributed by atoms with Crippen molar-refractivity contribution >= 4 is 0 Å². The number of benzene rings is 1. The second kappa shape index (κ2) is 4.23. The molecule has 1 aromatic rings.